The van der Waals surface area contributed by atoms with Crippen molar-refractivity contribution in [3.8, 4) is 0 Å². The fourth-order valence-electron chi connectivity index (χ4n) is 1.82. The molecule has 62 valence electrons. The molecule has 0 unspecified atom stereocenters. The molecule has 0 radical (unpaired) electrons. The van der Waals surface area contributed by atoms with Crippen LogP contribution in [0, 0.1) is 0 Å². The highest BCUT2D eigenvalue weighted by Gasteiger charge is 2.21. The monoisotopic (exact) mass is 144 g/mol. The van der Waals surface area contributed by atoms with Gasteiger partial charge in [-0.1, -0.05) is 12.8 Å². The SMILES string of the molecule is CN[C@H]1CCCC[C@H]1NC.[HH]. The first-order valence-corrected chi connectivity index (χ1v) is 4.23. The first kappa shape index (κ1) is 8.02. The van der Waals surface area contributed by atoms with Crippen molar-refractivity contribution in [1.82, 2.24) is 10.6 Å². The molecule has 0 bridgehead atoms. The van der Waals surface area contributed by atoms with Gasteiger partial charge in [0.1, 0.15) is 0 Å². The van der Waals surface area contributed by atoms with E-state index in [1.54, 1.807) is 0 Å². The number of likely N-dealkylation sites (N-methyl/N-ethyl adjacent to an activating group) is 2. The predicted molar refractivity (Wildman–Crippen MR) is 46.3 cm³/mol. The number of nitrogens with one attached hydrogen (secondary N) is 2. The number of hydrogen-bond donors (Lipinski definition) is 2. The van der Waals surface area contributed by atoms with Gasteiger partial charge in [0.2, 0.25) is 0 Å². The van der Waals surface area contributed by atoms with E-state index in [2.05, 4.69) is 24.7 Å². The van der Waals surface area contributed by atoms with Crippen LogP contribution in [0.1, 0.15) is 27.1 Å². The van der Waals surface area contributed by atoms with Gasteiger partial charge in [-0.3, -0.25) is 0 Å². The summed E-state index contributed by atoms with van der Waals surface area (Å²) < 4.78 is 0. The van der Waals surface area contributed by atoms with Crippen LogP contribution in [0.3, 0.4) is 0 Å². The molecule has 1 aliphatic carbocycles. The Morgan fingerprint density at radius 3 is 1.70 bits per heavy atom. The van der Waals surface area contributed by atoms with E-state index in [0.29, 0.717) is 12.1 Å². The van der Waals surface area contributed by atoms with E-state index in [1.807, 2.05) is 0 Å². The lowest BCUT2D eigenvalue weighted by Gasteiger charge is -2.30. The lowest BCUT2D eigenvalue weighted by Crippen LogP contribution is -2.47. The summed E-state index contributed by atoms with van der Waals surface area (Å²) in [6.07, 6.45) is 5.46. The second-order valence-electron chi connectivity index (χ2n) is 3.07. The van der Waals surface area contributed by atoms with Gasteiger partial charge in [0.25, 0.3) is 0 Å². The molecule has 0 aliphatic heterocycles. The summed E-state index contributed by atoms with van der Waals surface area (Å²) in [4.78, 5) is 0. The molecule has 10 heavy (non-hydrogen) atoms. The molecule has 2 N–H and O–H groups in total. The molecule has 1 saturated carbocycles. The quantitative estimate of drug-likeness (QED) is 0.604. The number of hydrogen-bond acceptors (Lipinski definition) is 2. The average Bonchev–Trinajstić information content (AvgIpc) is 2.04. The van der Waals surface area contributed by atoms with Gasteiger partial charge in [-0.15, -0.1) is 0 Å². The molecule has 0 heterocycles. The smallest absolute Gasteiger partial charge is 0.0218 e. The van der Waals surface area contributed by atoms with E-state index in [1.165, 1.54) is 25.7 Å². The van der Waals surface area contributed by atoms with Gasteiger partial charge >= 0.3 is 0 Å². The zero-order valence-corrected chi connectivity index (χ0v) is 6.98. The van der Waals surface area contributed by atoms with Crippen molar-refractivity contribution in [3.63, 3.8) is 0 Å². The third kappa shape index (κ3) is 1.70. The second kappa shape index (κ2) is 3.94. The highest BCUT2D eigenvalue weighted by molar-refractivity contribution is 4.83. The molecule has 0 aromatic carbocycles. The van der Waals surface area contributed by atoms with Crippen LogP contribution in [0.25, 0.3) is 0 Å². The summed E-state index contributed by atoms with van der Waals surface area (Å²) >= 11 is 0. The van der Waals surface area contributed by atoms with E-state index >= 15 is 0 Å². The Kier molecular flexibility index (Phi) is 3.16. The molecule has 1 fully saturated rings. The molecule has 0 amide bonds. The van der Waals surface area contributed by atoms with E-state index < -0.39 is 0 Å². The van der Waals surface area contributed by atoms with Gasteiger partial charge in [0.15, 0.2) is 0 Å². The van der Waals surface area contributed by atoms with Crippen LogP contribution in [0.2, 0.25) is 0 Å². The Labute approximate surface area is 64.9 Å². The number of rotatable bonds is 2. The Hall–Kier alpha value is -0.0800. The maximum atomic E-state index is 3.34. The van der Waals surface area contributed by atoms with Crippen LogP contribution < -0.4 is 10.6 Å². The zero-order chi connectivity index (χ0) is 7.40. The predicted octanol–water partition coefficient (Wildman–Crippen LogP) is 0.982. The van der Waals surface area contributed by atoms with Crippen LogP contribution in [0.4, 0.5) is 0 Å². The zero-order valence-electron chi connectivity index (χ0n) is 6.98. The third-order valence-corrected chi connectivity index (χ3v) is 2.51. The van der Waals surface area contributed by atoms with E-state index in [9.17, 15) is 0 Å². The molecule has 2 heteroatoms. The van der Waals surface area contributed by atoms with Crippen LogP contribution in [0.5, 0.6) is 0 Å². The lowest BCUT2D eigenvalue weighted by molar-refractivity contribution is 0.309. The lowest BCUT2D eigenvalue weighted by atomic mass is 9.91. The topological polar surface area (TPSA) is 24.1 Å². The summed E-state index contributed by atoms with van der Waals surface area (Å²) in [5.41, 5.74) is 0. The Bertz CT molecular complexity index is 86.1. The minimum atomic E-state index is 0. The first-order chi connectivity index (χ1) is 4.88. The van der Waals surface area contributed by atoms with Crippen molar-refractivity contribution in [2.75, 3.05) is 14.1 Å². The highest BCUT2D eigenvalue weighted by atomic mass is 15.0. The Morgan fingerprint density at radius 1 is 1.00 bits per heavy atom. The highest BCUT2D eigenvalue weighted by Crippen LogP contribution is 2.17. The summed E-state index contributed by atoms with van der Waals surface area (Å²) in [5.74, 6) is 0. The molecule has 2 nitrogen and oxygen atoms in total. The fraction of sp³-hybridized carbons (Fsp3) is 1.00. The van der Waals surface area contributed by atoms with Crippen molar-refractivity contribution in [1.29, 1.82) is 0 Å². The standard InChI is InChI=1S/C8H18N2.H2/c1-9-7-5-3-4-6-8(7)10-2;/h7-10H,3-6H2,1-2H3;1H/t7-,8+;. The van der Waals surface area contributed by atoms with Crippen molar-refractivity contribution in [3.05, 3.63) is 0 Å². The summed E-state index contributed by atoms with van der Waals surface area (Å²) in [7, 11) is 4.11. The van der Waals surface area contributed by atoms with Crippen molar-refractivity contribution in [2.45, 2.75) is 37.8 Å². The molecule has 2 atom stereocenters. The molecule has 1 rings (SSSR count). The fourth-order valence-corrected chi connectivity index (χ4v) is 1.82. The van der Waals surface area contributed by atoms with Crippen LogP contribution in [0.15, 0.2) is 0 Å². The first-order valence-electron chi connectivity index (χ1n) is 4.23. The van der Waals surface area contributed by atoms with Crippen LogP contribution in [-0.2, 0) is 0 Å². The van der Waals surface area contributed by atoms with Gasteiger partial charge in [-0.05, 0) is 26.9 Å². The van der Waals surface area contributed by atoms with Gasteiger partial charge in [-0.25, -0.2) is 0 Å². The molecular weight excluding hydrogens is 124 g/mol. The van der Waals surface area contributed by atoms with Gasteiger partial charge in [0, 0.05) is 13.5 Å². The molecule has 0 aromatic rings. The van der Waals surface area contributed by atoms with E-state index in [-0.39, 0.29) is 1.43 Å². The molecule has 0 aromatic heterocycles. The Morgan fingerprint density at radius 2 is 1.40 bits per heavy atom. The Balaban J connectivity index is 0.000001000. The van der Waals surface area contributed by atoms with Crippen molar-refractivity contribution in [2.24, 2.45) is 0 Å². The summed E-state index contributed by atoms with van der Waals surface area (Å²) in [6.45, 7) is 0. The molecule has 1 aliphatic rings. The van der Waals surface area contributed by atoms with E-state index in [4.69, 9.17) is 0 Å². The van der Waals surface area contributed by atoms with Crippen LogP contribution in [-0.4, -0.2) is 26.2 Å². The van der Waals surface area contributed by atoms with Gasteiger partial charge < -0.3 is 10.6 Å². The maximum Gasteiger partial charge on any atom is 0.0218 e. The van der Waals surface area contributed by atoms with Crippen LogP contribution >= 0.6 is 0 Å². The maximum absolute atomic E-state index is 3.34. The van der Waals surface area contributed by atoms with Gasteiger partial charge in [-0.2, -0.15) is 0 Å². The minimum absolute atomic E-state index is 0. The minimum Gasteiger partial charge on any atom is -0.315 e. The molecule has 0 saturated heterocycles. The molecular formula is C8H20N2. The summed E-state index contributed by atoms with van der Waals surface area (Å²) in [6, 6.07) is 1.41. The van der Waals surface area contributed by atoms with Gasteiger partial charge in [0.05, 0.1) is 0 Å². The van der Waals surface area contributed by atoms with Crippen molar-refractivity contribution >= 4 is 0 Å². The normalized spacial score (nSPS) is 34.2. The summed E-state index contributed by atoms with van der Waals surface area (Å²) in [5, 5.41) is 6.68. The largest absolute Gasteiger partial charge is 0.315 e. The second-order valence-corrected chi connectivity index (χ2v) is 3.07. The van der Waals surface area contributed by atoms with E-state index in [0.717, 1.165) is 0 Å². The third-order valence-electron chi connectivity index (χ3n) is 2.51. The average molecular weight is 144 g/mol. The van der Waals surface area contributed by atoms with Crippen molar-refractivity contribution < 1.29 is 1.43 Å². The molecule has 0 spiro atoms.